The van der Waals surface area contributed by atoms with Crippen LogP contribution >= 0.6 is 0 Å². The van der Waals surface area contributed by atoms with E-state index in [1.165, 1.54) is 33.0 Å². The normalized spacial score (nSPS) is 23.3. The lowest BCUT2D eigenvalue weighted by Crippen LogP contribution is -2.30. The van der Waals surface area contributed by atoms with Crippen molar-refractivity contribution >= 4 is 5.97 Å². The van der Waals surface area contributed by atoms with Crippen LogP contribution in [0.1, 0.15) is 36.0 Å². The first-order valence-corrected chi connectivity index (χ1v) is 9.57. The molecule has 1 atom stereocenters. The highest BCUT2D eigenvalue weighted by atomic mass is 16.5. The SMILES string of the molecule is CCN1CCC2(CCN(Cc3nc(-c4ccc(C(=O)OC)cc4)no3)C2)C1. The fourth-order valence-electron chi connectivity index (χ4n) is 4.29. The van der Waals surface area contributed by atoms with E-state index in [0.717, 1.165) is 25.2 Å². The molecule has 0 N–H and O–H groups in total. The van der Waals surface area contributed by atoms with E-state index < -0.39 is 0 Å². The van der Waals surface area contributed by atoms with Crippen molar-refractivity contribution in [2.75, 3.05) is 39.8 Å². The molecule has 3 heterocycles. The number of nitrogens with zero attached hydrogens (tertiary/aromatic N) is 4. The zero-order valence-corrected chi connectivity index (χ0v) is 16.0. The Morgan fingerprint density at radius 2 is 1.89 bits per heavy atom. The van der Waals surface area contributed by atoms with E-state index in [-0.39, 0.29) is 5.97 Å². The number of carbonyl (C=O) groups excluding carboxylic acids is 1. The summed E-state index contributed by atoms with van der Waals surface area (Å²) in [6.45, 7) is 8.70. The molecule has 27 heavy (non-hydrogen) atoms. The first kappa shape index (κ1) is 18.1. The lowest BCUT2D eigenvalue weighted by Gasteiger charge is -2.24. The fourth-order valence-corrected chi connectivity index (χ4v) is 4.29. The van der Waals surface area contributed by atoms with Gasteiger partial charge < -0.3 is 14.2 Å². The van der Waals surface area contributed by atoms with Crippen LogP contribution in [-0.4, -0.2) is 65.7 Å². The fraction of sp³-hybridized carbons (Fsp3) is 0.550. The van der Waals surface area contributed by atoms with Crippen molar-refractivity contribution < 1.29 is 14.1 Å². The number of aromatic nitrogens is 2. The highest BCUT2D eigenvalue weighted by molar-refractivity contribution is 5.89. The molecule has 0 amide bonds. The summed E-state index contributed by atoms with van der Waals surface area (Å²) in [7, 11) is 1.37. The van der Waals surface area contributed by atoms with Crippen LogP contribution in [0.4, 0.5) is 0 Å². The number of rotatable bonds is 5. The third-order valence-electron chi connectivity index (χ3n) is 5.87. The second-order valence-electron chi connectivity index (χ2n) is 7.66. The quantitative estimate of drug-likeness (QED) is 0.749. The third kappa shape index (κ3) is 3.75. The minimum atomic E-state index is -0.355. The summed E-state index contributed by atoms with van der Waals surface area (Å²) in [5.74, 6) is 0.838. The molecule has 2 aromatic rings. The van der Waals surface area contributed by atoms with Gasteiger partial charge in [-0.15, -0.1) is 0 Å². The Hall–Kier alpha value is -2.25. The number of benzene rings is 1. The van der Waals surface area contributed by atoms with Crippen molar-refractivity contribution in [3.63, 3.8) is 0 Å². The minimum absolute atomic E-state index is 0.355. The third-order valence-corrected chi connectivity index (χ3v) is 5.87. The van der Waals surface area contributed by atoms with E-state index in [9.17, 15) is 4.79 Å². The Labute approximate surface area is 159 Å². The molecule has 0 saturated carbocycles. The molecule has 1 aromatic heterocycles. The predicted octanol–water partition coefficient (Wildman–Crippen LogP) is 2.44. The summed E-state index contributed by atoms with van der Waals surface area (Å²) in [5.41, 5.74) is 1.78. The summed E-state index contributed by atoms with van der Waals surface area (Å²) < 4.78 is 10.2. The number of hydrogen-bond acceptors (Lipinski definition) is 7. The van der Waals surface area contributed by atoms with Crippen LogP contribution in [0.2, 0.25) is 0 Å². The minimum Gasteiger partial charge on any atom is -0.465 e. The molecule has 0 radical (unpaired) electrons. The van der Waals surface area contributed by atoms with Gasteiger partial charge in [0.1, 0.15) is 0 Å². The van der Waals surface area contributed by atoms with Gasteiger partial charge in [0.05, 0.1) is 19.2 Å². The molecule has 2 fully saturated rings. The second kappa shape index (κ2) is 7.40. The van der Waals surface area contributed by atoms with Crippen LogP contribution < -0.4 is 0 Å². The first-order chi connectivity index (χ1) is 13.1. The van der Waals surface area contributed by atoms with E-state index in [2.05, 4.69) is 26.9 Å². The standard InChI is InChI=1S/C20H26N4O3/c1-3-23-10-8-20(13-23)9-11-24(14-20)12-17-21-18(22-27-17)15-4-6-16(7-5-15)19(25)26-2/h4-7H,3,8-14H2,1-2H3. The Bertz CT molecular complexity index is 804. The van der Waals surface area contributed by atoms with Gasteiger partial charge in [-0.3, -0.25) is 4.90 Å². The molecule has 1 unspecified atom stereocenters. The van der Waals surface area contributed by atoms with Gasteiger partial charge in [-0.25, -0.2) is 4.79 Å². The molecular weight excluding hydrogens is 344 g/mol. The van der Waals surface area contributed by atoms with Crippen LogP contribution in [0.15, 0.2) is 28.8 Å². The summed E-state index contributed by atoms with van der Waals surface area (Å²) in [4.78, 5) is 21.0. The van der Waals surface area contributed by atoms with Crippen LogP contribution in [-0.2, 0) is 11.3 Å². The lowest BCUT2D eigenvalue weighted by atomic mass is 9.86. The van der Waals surface area contributed by atoms with Crippen LogP contribution in [0.3, 0.4) is 0 Å². The number of hydrogen-bond donors (Lipinski definition) is 0. The van der Waals surface area contributed by atoms with Crippen LogP contribution in [0.5, 0.6) is 0 Å². The smallest absolute Gasteiger partial charge is 0.337 e. The van der Waals surface area contributed by atoms with Gasteiger partial charge in [0.25, 0.3) is 0 Å². The highest BCUT2D eigenvalue weighted by Crippen LogP contribution is 2.39. The Kier molecular flexibility index (Phi) is 4.97. The maximum atomic E-state index is 11.5. The average Bonchev–Trinajstić information content (AvgIpc) is 3.43. The average molecular weight is 370 g/mol. The van der Waals surface area contributed by atoms with Gasteiger partial charge in [-0.05, 0) is 50.0 Å². The maximum Gasteiger partial charge on any atom is 0.337 e. The summed E-state index contributed by atoms with van der Waals surface area (Å²) in [6, 6.07) is 7.04. The zero-order chi connectivity index (χ0) is 18.9. The molecule has 2 aliphatic rings. The van der Waals surface area contributed by atoms with Crippen molar-refractivity contribution in [2.45, 2.75) is 26.3 Å². The molecule has 4 rings (SSSR count). The monoisotopic (exact) mass is 370 g/mol. The largest absolute Gasteiger partial charge is 0.465 e. The van der Waals surface area contributed by atoms with Gasteiger partial charge >= 0.3 is 5.97 Å². The molecule has 7 nitrogen and oxygen atoms in total. The summed E-state index contributed by atoms with van der Waals surface area (Å²) in [5, 5.41) is 4.10. The van der Waals surface area contributed by atoms with Crippen molar-refractivity contribution in [3.05, 3.63) is 35.7 Å². The topological polar surface area (TPSA) is 71.7 Å². The number of methoxy groups -OCH3 is 1. The Morgan fingerprint density at radius 3 is 2.56 bits per heavy atom. The van der Waals surface area contributed by atoms with Gasteiger partial charge in [0.2, 0.25) is 11.7 Å². The maximum absolute atomic E-state index is 11.5. The molecule has 0 bridgehead atoms. The molecule has 1 spiro atoms. The molecule has 1 aromatic carbocycles. The molecule has 2 aliphatic heterocycles. The zero-order valence-electron chi connectivity index (χ0n) is 16.0. The summed E-state index contributed by atoms with van der Waals surface area (Å²) >= 11 is 0. The Morgan fingerprint density at radius 1 is 1.19 bits per heavy atom. The van der Waals surface area contributed by atoms with Crippen LogP contribution in [0.25, 0.3) is 11.4 Å². The molecule has 2 saturated heterocycles. The number of ether oxygens (including phenoxy) is 1. The lowest BCUT2D eigenvalue weighted by molar-refractivity contribution is 0.0600. The van der Waals surface area contributed by atoms with Crippen molar-refractivity contribution in [1.82, 2.24) is 19.9 Å². The predicted molar refractivity (Wildman–Crippen MR) is 100 cm³/mol. The molecule has 7 heteroatoms. The van der Waals surface area contributed by atoms with Gasteiger partial charge in [-0.2, -0.15) is 4.98 Å². The van der Waals surface area contributed by atoms with Gasteiger partial charge in [0, 0.05) is 18.7 Å². The Balaban J connectivity index is 1.38. The van der Waals surface area contributed by atoms with E-state index in [1.807, 2.05) is 12.1 Å². The van der Waals surface area contributed by atoms with Crippen molar-refractivity contribution in [3.8, 4) is 11.4 Å². The highest BCUT2D eigenvalue weighted by Gasteiger charge is 2.43. The van der Waals surface area contributed by atoms with E-state index >= 15 is 0 Å². The number of esters is 1. The van der Waals surface area contributed by atoms with E-state index in [4.69, 9.17) is 9.26 Å². The molecular formula is C20H26N4O3. The molecule has 0 aliphatic carbocycles. The van der Waals surface area contributed by atoms with Gasteiger partial charge in [0.15, 0.2) is 0 Å². The number of carbonyl (C=O) groups is 1. The van der Waals surface area contributed by atoms with Crippen molar-refractivity contribution in [2.24, 2.45) is 5.41 Å². The van der Waals surface area contributed by atoms with Crippen LogP contribution in [0, 0.1) is 5.41 Å². The van der Waals surface area contributed by atoms with Crippen molar-refractivity contribution in [1.29, 1.82) is 0 Å². The second-order valence-corrected chi connectivity index (χ2v) is 7.66. The molecule has 144 valence electrons. The first-order valence-electron chi connectivity index (χ1n) is 9.57. The number of likely N-dealkylation sites (tertiary alicyclic amines) is 2. The summed E-state index contributed by atoms with van der Waals surface area (Å²) in [6.07, 6.45) is 2.54. The van der Waals surface area contributed by atoms with E-state index in [0.29, 0.717) is 29.2 Å². The van der Waals surface area contributed by atoms with E-state index in [1.54, 1.807) is 12.1 Å². The van der Waals surface area contributed by atoms with Gasteiger partial charge in [-0.1, -0.05) is 24.2 Å².